The van der Waals surface area contributed by atoms with Gasteiger partial charge >= 0.3 is 0 Å². The topological polar surface area (TPSA) is 66.5 Å². The lowest BCUT2D eigenvalue weighted by Crippen LogP contribution is -2.41. The third-order valence-corrected chi connectivity index (χ3v) is 12.4. The number of benzene rings is 1. The molecule has 1 saturated heterocycles. The van der Waals surface area contributed by atoms with Crippen LogP contribution >= 0.6 is 23.5 Å². The molecule has 5 nitrogen and oxygen atoms in total. The number of thioether (sulfide) groups is 2. The molecule has 2 unspecified atom stereocenters. The smallest absolute Gasteiger partial charge is 0.242 e. The van der Waals surface area contributed by atoms with Crippen molar-refractivity contribution < 1.29 is 13.2 Å². The van der Waals surface area contributed by atoms with E-state index in [2.05, 4.69) is 28.8 Å². The number of hydrogen-bond donors (Lipinski definition) is 1. The van der Waals surface area contributed by atoms with Crippen LogP contribution in [0.2, 0.25) is 0 Å². The van der Waals surface area contributed by atoms with Crippen LogP contribution in [0.15, 0.2) is 23.1 Å². The summed E-state index contributed by atoms with van der Waals surface area (Å²) >= 11 is 4.26. The minimum atomic E-state index is -3.54. The number of amides is 1. The second-order valence-electron chi connectivity index (χ2n) is 8.31. The summed E-state index contributed by atoms with van der Waals surface area (Å²) in [5, 5.41) is 3.00. The highest BCUT2D eigenvalue weighted by Gasteiger charge is 2.57. The largest absolute Gasteiger partial charge is 0.326 e. The fourth-order valence-electron chi connectivity index (χ4n) is 5.01. The molecule has 1 heterocycles. The molecule has 0 aromatic heterocycles. The van der Waals surface area contributed by atoms with Gasteiger partial charge in [0, 0.05) is 37.2 Å². The Morgan fingerprint density at radius 1 is 1.14 bits per heavy atom. The van der Waals surface area contributed by atoms with Crippen molar-refractivity contribution in [2.24, 2.45) is 17.8 Å². The van der Waals surface area contributed by atoms with Crippen molar-refractivity contribution in [3.63, 3.8) is 0 Å². The maximum Gasteiger partial charge on any atom is 0.242 e. The first-order valence-electron chi connectivity index (χ1n) is 9.86. The number of hydrogen-bond acceptors (Lipinski definition) is 5. The monoisotopic (exact) mass is 440 g/mol. The minimum absolute atomic E-state index is 0.0279. The first kappa shape index (κ1) is 20.6. The summed E-state index contributed by atoms with van der Waals surface area (Å²) < 4.78 is 26.7. The van der Waals surface area contributed by atoms with Crippen molar-refractivity contribution in [3.8, 4) is 0 Å². The number of sulfonamides is 1. The number of nitrogens with zero attached hydrogens (tertiary/aromatic N) is 1. The molecule has 1 N–H and O–H groups in total. The average Bonchev–Trinajstić information content (AvgIpc) is 3.18. The maximum atomic E-state index is 13.0. The Hall–Kier alpha value is -0.700. The molecule has 1 aromatic carbocycles. The van der Waals surface area contributed by atoms with Crippen LogP contribution in [0.5, 0.6) is 0 Å². The third kappa shape index (κ3) is 3.40. The zero-order valence-electron chi connectivity index (χ0n) is 16.6. The lowest BCUT2D eigenvalue weighted by atomic mass is 9.79. The van der Waals surface area contributed by atoms with E-state index in [0.29, 0.717) is 27.2 Å². The maximum absolute atomic E-state index is 13.0. The van der Waals surface area contributed by atoms with Gasteiger partial charge in [0.05, 0.1) is 8.97 Å². The Balaban J connectivity index is 1.49. The molecule has 2 bridgehead atoms. The summed E-state index contributed by atoms with van der Waals surface area (Å²) in [5.41, 5.74) is 1.24. The molecule has 1 amide bonds. The molecular weight excluding hydrogens is 412 g/mol. The van der Waals surface area contributed by atoms with E-state index in [1.165, 1.54) is 42.7 Å². The van der Waals surface area contributed by atoms with Gasteiger partial charge in [-0.1, -0.05) is 6.07 Å². The average molecular weight is 441 g/mol. The molecule has 28 heavy (non-hydrogen) atoms. The number of anilines is 1. The van der Waals surface area contributed by atoms with Crippen molar-refractivity contribution in [3.05, 3.63) is 23.8 Å². The second-order valence-corrected chi connectivity index (χ2v) is 13.4. The zero-order chi connectivity index (χ0) is 20.1. The van der Waals surface area contributed by atoms with E-state index >= 15 is 0 Å². The zero-order valence-corrected chi connectivity index (χ0v) is 19.1. The van der Waals surface area contributed by atoms with Gasteiger partial charge in [-0.3, -0.25) is 4.79 Å². The molecule has 1 spiro atoms. The molecule has 8 heteroatoms. The van der Waals surface area contributed by atoms with Crippen molar-refractivity contribution in [2.75, 3.05) is 30.9 Å². The van der Waals surface area contributed by atoms with Crippen LogP contribution in [-0.4, -0.2) is 48.3 Å². The van der Waals surface area contributed by atoms with Gasteiger partial charge in [-0.15, -0.1) is 23.5 Å². The standard InChI is InChI=1S/C20H28N2O3S3/c1-13-4-7-17(12-18(13)28(24,25)22(2)3)21-19(23)14-10-15-5-6-16(11-14)20(15)26-8-9-27-20/h4,7,12,14-16H,5-6,8-11H2,1-3H3,(H,21,23). The third-order valence-electron chi connectivity index (χ3n) is 6.46. The number of carbonyl (C=O) groups excluding carboxylic acids is 1. The lowest BCUT2D eigenvalue weighted by molar-refractivity contribution is -0.121. The van der Waals surface area contributed by atoms with Gasteiger partial charge in [-0.2, -0.15) is 0 Å². The van der Waals surface area contributed by atoms with Gasteiger partial charge in [0.2, 0.25) is 15.9 Å². The van der Waals surface area contributed by atoms with Crippen LogP contribution in [0.3, 0.4) is 0 Å². The summed E-state index contributed by atoms with van der Waals surface area (Å²) in [6.07, 6.45) is 4.39. The number of aryl methyl sites for hydroxylation is 1. The predicted octanol–water partition coefficient (Wildman–Crippen LogP) is 3.80. The minimum Gasteiger partial charge on any atom is -0.326 e. The van der Waals surface area contributed by atoms with Gasteiger partial charge in [0.25, 0.3) is 0 Å². The SMILES string of the molecule is Cc1ccc(NC(=O)C2CC3CCC(C2)C32SCCS2)cc1S(=O)(=O)N(C)C. The Labute approximate surface area is 176 Å². The highest BCUT2D eigenvalue weighted by molar-refractivity contribution is 8.21. The number of nitrogens with one attached hydrogen (secondary N) is 1. The summed E-state index contributed by atoms with van der Waals surface area (Å²) in [7, 11) is -0.496. The van der Waals surface area contributed by atoms with Crippen LogP contribution in [-0.2, 0) is 14.8 Å². The Bertz CT molecular complexity index is 863. The van der Waals surface area contributed by atoms with E-state index in [0.717, 1.165) is 12.8 Å². The highest BCUT2D eigenvalue weighted by Crippen LogP contribution is 2.65. The first-order valence-corrected chi connectivity index (χ1v) is 13.3. The molecule has 1 aromatic rings. The molecule has 2 aliphatic carbocycles. The van der Waals surface area contributed by atoms with Crippen LogP contribution in [0.25, 0.3) is 0 Å². The van der Waals surface area contributed by atoms with Gasteiger partial charge in [-0.25, -0.2) is 12.7 Å². The first-order chi connectivity index (χ1) is 13.2. The van der Waals surface area contributed by atoms with E-state index < -0.39 is 10.0 Å². The van der Waals surface area contributed by atoms with Crippen LogP contribution in [0.1, 0.15) is 31.2 Å². The normalized spacial score (nSPS) is 28.8. The molecule has 2 atom stereocenters. The van der Waals surface area contributed by atoms with Gasteiger partial charge in [-0.05, 0) is 62.1 Å². The molecular formula is C20H28N2O3S3. The lowest BCUT2D eigenvalue weighted by Gasteiger charge is -2.42. The molecule has 4 rings (SSSR count). The number of rotatable bonds is 4. The Kier molecular flexibility index (Phi) is 5.53. The van der Waals surface area contributed by atoms with E-state index in [1.807, 2.05) is 0 Å². The molecule has 154 valence electrons. The van der Waals surface area contributed by atoms with Gasteiger partial charge in [0.15, 0.2) is 0 Å². The van der Waals surface area contributed by atoms with Crippen molar-refractivity contribution in [1.82, 2.24) is 4.31 Å². The highest BCUT2D eigenvalue weighted by atomic mass is 32.2. The van der Waals surface area contributed by atoms with Gasteiger partial charge < -0.3 is 5.32 Å². The van der Waals surface area contributed by atoms with E-state index in [4.69, 9.17) is 0 Å². The van der Waals surface area contributed by atoms with E-state index in [1.54, 1.807) is 25.1 Å². The Morgan fingerprint density at radius 2 is 1.75 bits per heavy atom. The van der Waals surface area contributed by atoms with E-state index in [-0.39, 0.29) is 16.7 Å². The molecule has 3 aliphatic rings. The summed E-state index contributed by atoms with van der Waals surface area (Å²) in [5.74, 6) is 3.79. The molecule has 3 fully saturated rings. The summed E-state index contributed by atoms with van der Waals surface area (Å²) in [4.78, 5) is 13.2. The second kappa shape index (κ2) is 7.52. The van der Waals surface area contributed by atoms with Crippen molar-refractivity contribution >= 4 is 45.1 Å². The summed E-state index contributed by atoms with van der Waals surface area (Å²) in [6, 6.07) is 5.14. The Morgan fingerprint density at radius 3 is 2.32 bits per heavy atom. The van der Waals surface area contributed by atoms with Crippen LogP contribution < -0.4 is 5.32 Å². The van der Waals surface area contributed by atoms with Crippen molar-refractivity contribution in [2.45, 2.75) is 41.6 Å². The predicted molar refractivity (Wildman–Crippen MR) is 117 cm³/mol. The summed E-state index contributed by atoms with van der Waals surface area (Å²) in [6.45, 7) is 1.77. The fraction of sp³-hybridized carbons (Fsp3) is 0.650. The van der Waals surface area contributed by atoms with Crippen LogP contribution in [0.4, 0.5) is 5.69 Å². The fourth-order valence-corrected chi connectivity index (χ4v) is 10.1. The van der Waals surface area contributed by atoms with Gasteiger partial charge in [0.1, 0.15) is 0 Å². The number of carbonyl (C=O) groups is 1. The molecule has 0 radical (unpaired) electrons. The van der Waals surface area contributed by atoms with Crippen molar-refractivity contribution in [1.29, 1.82) is 0 Å². The molecule has 2 saturated carbocycles. The quantitative estimate of drug-likeness (QED) is 0.771. The van der Waals surface area contributed by atoms with E-state index in [9.17, 15) is 13.2 Å². The van der Waals surface area contributed by atoms with Crippen LogP contribution in [0, 0.1) is 24.7 Å². The molecule has 1 aliphatic heterocycles.